The monoisotopic (exact) mass is 200 g/mol. The third kappa shape index (κ3) is 3.89. The minimum absolute atomic E-state index is 0.178. The van der Waals surface area contributed by atoms with Crippen molar-refractivity contribution < 1.29 is 22.0 Å². The summed E-state index contributed by atoms with van der Waals surface area (Å²) in [5, 5.41) is 0. The second-order valence-electron chi connectivity index (χ2n) is 1.85. The summed E-state index contributed by atoms with van der Waals surface area (Å²) in [7, 11) is -2.92. The maximum Gasteiger partial charge on any atom is 0.392 e. The van der Waals surface area contributed by atoms with Crippen LogP contribution in [0.5, 0.6) is 0 Å². The van der Waals surface area contributed by atoms with Gasteiger partial charge in [-0.2, -0.15) is 8.78 Å². The molecule has 0 aromatic rings. The summed E-state index contributed by atoms with van der Waals surface area (Å²) in [5.41, 5.74) is -1.52. The molecule has 0 bridgehead atoms. The van der Waals surface area contributed by atoms with E-state index in [1.807, 2.05) is 0 Å². The van der Waals surface area contributed by atoms with Crippen LogP contribution in [0.15, 0.2) is 11.5 Å². The summed E-state index contributed by atoms with van der Waals surface area (Å²) in [4.78, 5) is 0. The molecule has 0 aromatic carbocycles. The average Bonchev–Trinajstić information content (AvgIpc) is 2.03. The molecule has 0 aliphatic rings. The Kier molecular flexibility index (Phi) is 6.04. The highest BCUT2D eigenvalue weighted by atomic mass is 28.3. The van der Waals surface area contributed by atoms with Crippen molar-refractivity contribution in [3.8, 4) is 0 Å². The second kappa shape index (κ2) is 6.21. The molecule has 0 unspecified atom stereocenters. The second-order valence-corrected chi connectivity index (χ2v) is 3.69. The Hall–Kier alpha value is -0.333. The summed E-state index contributed by atoms with van der Waals surface area (Å²) in [6.45, 7) is 3.56. The average molecular weight is 200 g/mol. The van der Waals surface area contributed by atoms with E-state index in [9.17, 15) is 13.2 Å². The Morgan fingerprint density at radius 2 is 1.50 bits per heavy atom. The van der Waals surface area contributed by atoms with Crippen molar-refractivity contribution in [2.75, 3.05) is 13.2 Å². The highest BCUT2D eigenvalue weighted by molar-refractivity contribution is 6.52. The standard InChI is InChI=1S/C6H11F3O2Si/c1-3-10-12(11-4-2)6(9)5(7)8/h12H,3-4H2,1-2H3. The lowest BCUT2D eigenvalue weighted by Gasteiger charge is -2.11. The molecule has 0 aliphatic carbocycles. The van der Waals surface area contributed by atoms with Crippen molar-refractivity contribution in [3.63, 3.8) is 0 Å². The molecular weight excluding hydrogens is 189 g/mol. The third-order valence-electron chi connectivity index (χ3n) is 1.02. The maximum atomic E-state index is 12.5. The topological polar surface area (TPSA) is 18.5 Å². The van der Waals surface area contributed by atoms with E-state index in [4.69, 9.17) is 8.85 Å². The van der Waals surface area contributed by atoms with E-state index in [-0.39, 0.29) is 13.2 Å². The zero-order valence-corrected chi connectivity index (χ0v) is 8.10. The number of halogens is 3. The van der Waals surface area contributed by atoms with Crippen LogP contribution in [-0.4, -0.2) is 22.5 Å². The van der Waals surface area contributed by atoms with Crippen molar-refractivity contribution in [3.05, 3.63) is 11.5 Å². The first-order valence-corrected chi connectivity index (χ1v) is 5.09. The van der Waals surface area contributed by atoms with Gasteiger partial charge in [0.15, 0.2) is 0 Å². The Balaban J connectivity index is 4.19. The summed E-state index contributed by atoms with van der Waals surface area (Å²) in [6.07, 6.45) is -2.34. The van der Waals surface area contributed by atoms with Gasteiger partial charge in [-0.3, -0.25) is 0 Å². The largest absolute Gasteiger partial charge is 0.392 e. The van der Waals surface area contributed by atoms with Gasteiger partial charge in [-0.1, -0.05) is 0 Å². The number of hydrogen-bond acceptors (Lipinski definition) is 2. The molecule has 0 spiro atoms. The van der Waals surface area contributed by atoms with Crippen LogP contribution in [0.1, 0.15) is 13.8 Å². The predicted octanol–water partition coefficient (Wildman–Crippen LogP) is 1.90. The molecule has 0 heterocycles. The van der Waals surface area contributed by atoms with Gasteiger partial charge in [0, 0.05) is 13.2 Å². The maximum absolute atomic E-state index is 12.5. The summed E-state index contributed by atoms with van der Waals surface area (Å²) in [5.74, 6) is 0. The normalized spacial score (nSPS) is 10.5. The minimum atomic E-state index is -2.92. The van der Waals surface area contributed by atoms with Gasteiger partial charge < -0.3 is 8.85 Å². The molecule has 12 heavy (non-hydrogen) atoms. The molecule has 0 saturated heterocycles. The van der Waals surface area contributed by atoms with Crippen LogP contribution in [0.2, 0.25) is 0 Å². The fourth-order valence-corrected chi connectivity index (χ4v) is 1.76. The smallest absolute Gasteiger partial charge is 0.392 e. The van der Waals surface area contributed by atoms with E-state index in [0.29, 0.717) is 0 Å². The quantitative estimate of drug-likeness (QED) is 0.631. The highest BCUT2D eigenvalue weighted by Crippen LogP contribution is 2.14. The Morgan fingerprint density at radius 3 is 1.75 bits per heavy atom. The van der Waals surface area contributed by atoms with Crippen LogP contribution in [0.3, 0.4) is 0 Å². The molecule has 0 amide bonds. The fraction of sp³-hybridized carbons (Fsp3) is 0.667. The molecule has 0 aliphatic heterocycles. The van der Waals surface area contributed by atoms with E-state index in [2.05, 4.69) is 0 Å². The molecule has 0 aromatic heterocycles. The van der Waals surface area contributed by atoms with Gasteiger partial charge >= 0.3 is 15.4 Å². The Labute approximate surface area is 70.8 Å². The van der Waals surface area contributed by atoms with Gasteiger partial charge in [0.05, 0.1) is 0 Å². The van der Waals surface area contributed by atoms with E-state index >= 15 is 0 Å². The first-order chi connectivity index (χ1) is 5.63. The Bertz CT molecular complexity index is 153. The van der Waals surface area contributed by atoms with Crippen LogP contribution in [0.25, 0.3) is 0 Å². The van der Waals surface area contributed by atoms with Crippen molar-refractivity contribution in [2.45, 2.75) is 13.8 Å². The van der Waals surface area contributed by atoms with Crippen LogP contribution >= 0.6 is 0 Å². The van der Waals surface area contributed by atoms with Crippen molar-refractivity contribution >= 4 is 9.28 Å². The lowest BCUT2D eigenvalue weighted by Crippen LogP contribution is -2.24. The van der Waals surface area contributed by atoms with E-state index in [1.165, 1.54) is 0 Å². The summed E-state index contributed by atoms with van der Waals surface area (Å²) < 4.78 is 45.3. The predicted molar refractivity (Wildman–Crippen MR) is 40.8 cm³/mol. The van der Waals surface area contributed by atoms with Gasteiger partial charge in [0.1, 0.15) is 0 Å². The van der Waals surface area contributed by atoms with Crippen molar-refractivity contribution in [1.82, 2.24) is 0 Å². The molecule has 2 nitrogen and oxygen atoms in total. The molecule has 0 N–H and O–H groups in total. The summed E-state index contributed by atoms with van der Waals surface area (Å²) in [6, 6.07) is 0. The number of hydrogen-bond donors (Lipinski definition) is 0. The minimum Gasteiger partial charge on any atom is -0.392 e. The SMILES string of the molecule is CCO[SiH](OCC)C(F)=C(F)F. The lowest BCUT2D eigenvalue weighted by atomic mass is 10.9. The lowest BCUT2D eigenvalue weighted by molar-refractivity contribution is 0.209. The van der Waals surface area contributed by atoms with Gasteiger partial charge in [-0.05, 0) is 13.8 Å². The van der Waals surface area contributed by atoms with Gasteiger partial charge in [0.25, 0.3) is 0 Å². The molecule has 0 fully saturated rings. The highest BCUT2D eigenvalue weighted by Gasteiger charge is 2.23. The molecule has 0 rings (SSSR count). The molecule has 0 radical (unpaired) electrons. The zero-order chi connectivity index (χ0) is 9.56. The first kappa shape index (κ1) is 11.7. The van der Waals surface area contributed by atoms with Gasteiger partial charge in [0.2, 0.25) is 5.45 Å². The molecule has 0 saturated carbocycles. The number of rotatable bonds is 5. The summed E-state index contributed by atoms with van der Waals surface area (Å²) >= 11 is 0. The molecular formula is C6H11F3O2Si. The molecule has 72 valence electrons. The van der Waals surface area contributed by atoms with Gasteiger partial charge in [-0.25, -0.2) is 4.39 Å². The first-order valence-electron chi connectivity index (χ1n) is 3.57. The third-order valence-corrected chi connectivity index (χ3v) is 2.93. The van der Waals surface area contributed by atoms with E-state index in [0.717, 1.165) is 0 Å². The molecule has 6 heteroatoms. The van der Waals surface area contributed by atoms with Crippen LogP contribution in [0.4, 0.5) is 13.2 Å². The molecule has 0 atom stereocenters. The Morgan fingerprint density at radius 1 is 1.08 bits per heavy atom. The van der Waals surface area contributed by atoms with Crippen LogP contribution in [0, 0.1) is 0 Å². The van der Waals surface area contributed by atoms with Crippen LogP contribution in [-0.2, 0) is 8.85 Å². The van der Waals surface area contributed by atoms with Crippen molar-refractivity contribution in [1.29, 1.82) is 0 Å². The zero-order valence-electron chi connectivity index (χ0n) is 6.94. The van der Waals surface area contributed by atoms with Crippen molar-refractivity contribution in [2.24, 2.45) is 0 Å². The van der Waals surface area contributed by atoms with E-state index in [1.54, 1.807) is 13.8 Å². The van der Waals surface area contributed by atoms with E-state index < -0.39 is 20.8 Å². The van der Waals surface area contributed by atoms with Crippen LogP contribution < -0.4 is 0 Å². The van der Waals surface area contributed by atoms with Gasteiger partial charge in [-0.15, -0.1) is 0 Å². The fourth-order valence-electron chi connectivity index (χ4n) is 0.586.